The Hall–Kier alpha value is -0.900. The summed E-state index contributed by atoms with van der Waals surface area (Å²) in [7, 11) is 1.77. The van der Waals surface area contributed by atoms with Gasteiger partial charge in [0, 0.05) is 7.11 Å². The number of rotatable bonds is 5. The summed E-state index contributed by atoms with van der Waals surface area (Å²) < 4.78 is 5.74. The molecule has 4 unspecified atom stereocenters. The molecule has 0 heterocycles. The van der Waals surface area contributed by atoms with E-state index in [1.165, 1.54) is 31.2 Å². The number of hydrazine groups is 1. The molecule has 0 radical (unpaired) electrons. The first-order valence-corrected chi connectivity index (χ1v) is 7.30. The van der Waals surface area contributed by atoms with Crippen molar-refractivity contribution >= 4 is 0 Å². The van der Waals surface area contributed by atoms with Gasteiger partial charge >= 0.3 is 0 Å². The molecule has 1 aromatic rings. The molecule has 0 aromatic heterocycles. The molecule has 19 heavy (non-hydrogen) atoms. The second-order valence-corrected chi connectivity index (χ2v) is 5.79. The average molecular weight is 262 g/mol. The Morgan fingerprint density at radius 3 is 2.58 bits per heavy atom. The fourth-order valence-corrected chi connectivity index (χ4v) is 3.41. The molecule has 0 bridgehead atoms. The number of hydrogen-bond acceptors (Lipinski definition) is 3. The molecule has 3 nitrogen and oxygen atoms in total. The Bertz CT molecular complexity index is 368. The molecule has 1 aromatic carbocycles. The Morgan fingerprint density at radius 1 is 1.26 bits per heavy atom. The molecule has 0 saturated heterocycles. The second-order valence-electron chi connectivity index (χ2n) is 5.79. The van der Waals surface area contributed by atoms with Crippen molar-refractivity contribution in [3.05, 3.63) is 35.9 Å². The van der Waals surface area contributed by atoms with E-state index in [-0.39, 0.29) is 12.1 Å². The van der Waals surface area contributed by atoms with Gasteiger partial charge in [-0.15, -0.1) is 0 Å². The van der Waals surface area contributed by atoms with Gasteiger partial charge in [-0.05, 0) is 30.2 Å². The Morgan fingerprint density at radius 2 is 2.00 bits per heavy atom. The first kappa shape index (κ1) is 14.5. The smallest absolute Gasteiger partial charge is 0.0990 e. The molecule has 106 valence electrons. The largest absolute Gasteiger partial charge is 0.375 e. The fourth-order valence-electron chi connectivity index (χ4n) is 3.41. The van der Waals surface area contributed by atoms with Crippen LogP contribution < -0.4 is 11.3 Å². The normalized spacial score (nSPS) is 26.9. The molecular weight excluding hydrogens is 236 g/mol. The van der Waals surface area contributed by atoms with Gasteiger partial charge in [0.15, 0.2) is 0 Å². The van der Waals surface area contributed by atoms with E-state index in [2.05, 4.69) is 36.6 Å². The summed E-state index contributed by atoms with van der Waals surface area (Å²) in [4.78, 5) is 0. The summed E-state index contributed by atoms with van der Waals surface area (Å²) in [6.07, 6.45) is 5.15. The van der Waals surface area contributed by atoms with Crippen LogP contribution in [0.4, 0.5) is 0 Å². The molecule has 1 aliphatic rings. The van der Waals surface area contributed by atoms with E-state index in [0.29, 0.717) is 5.92 Å². The van der Waals surface area contributed by atoms with Crippen molar-refractivity contribution in [2.75, 3.05) is 7.11 Å². The Labute approximate surface area is 116 Å². The predicted molar refractivity (Wildman–Crippen MR) is 78.4 cm³/mol. The summed E-state index contributed by atoms with van der Waals surface area (Å²) in [5.74, 6) is 7.22. The minimum Gasteiger partial charge on any atom is -0.375 e. The number of hydrogen-bond donors (Lipinski definition) is 2. The molecule has 3 N–H and O–H groups in total. The zero-order valence-electron chi connectivity index (χ0n) is 12.0. The molecule has 1 aliphatic carbocycles. The second kappa shape index (κ2) is 7.04. The molecule has 0 spiro atoms. The lowest BCUT2D eigenvalue weighted by molar-refractivity contribution is 0.0334. The van der Waals surface area contributed by atoms with E-state index in [1.54, 1.807) is 7.11 Å². The van der Waals surface area contributed by atoms with Crippen molar-refractivity contribution in [1.82, 2.24) is 5.43 Å². The van der Waals surface area contributed by atoms with Crippen molar-refractivity contribution in [2.24, 2.45) is 17.7 Å². The summed E-state index contributed by atoms with van der Waals surface area (Å²) >= 11 is 0. The predicted octanol–water partition coefficient (Wildman–Crippen LogP) is 3.03. The lowest BCUT2D eigenvalue weighted by atomic mass is 9.76. The van der Waals surface area contributed by atoms with Gasteiger partial charge in [-0.25, -0.2) is 0 Å². The highest BCUT2D eigenvalue weighted by Crippen LogP contribution is 2.35. The quantitative estimate of drug-likeness (QED) is 0.633. The molecule has 2 rings (SSSR count). The molecule has 0 amide bonds. The zero-order chi connectivity index (χ0) is 13.7. The minimum atomic E-state index is 0.0292. The van der Waals surface area contributed by atoms with Gasteiger partial charge in [-0.3, -0.25) is 11.3 Å². The third-order valence-electron chi connectivity index (χ3n) is 4.39. The number of methoxy groups -OCH3 is 1. The third kappa shape index (κ3) is 3.56. The average Bonchev–Trinajstić information content (AvgIpc) is 2.45. The Kier molecular flexibility index (Phi) is 5.37. The first-order chi connectivity index (χ1) is 9.26. The van der Waals surface area contributed by atoms with Crippen LogP contribution in [0.25, 0.3) is 0 Å². The van der Waals surface area contributed by atoms with E-state index in [9.17, 15) is 0 Å². The maximum absolute atomic E-state index is 5.83. The van der Waals surface area contributed by atoms with Crippen molar-refractivity contribution in [2.45, 2.75) is 44.8 Å². The highest BCUT2D eigenvalue weighted by atomic mass is 16.5. The summed E-state index contributed by atoms with van der Waals surface area (Å²) in [6, 6.07) is 10.6. The molecular formula is C16H26N2O. The van der Waals surface area contributed by atoms with Crippen LogP contribution in [0.5, 0.6) is 0 Å². The zero-order valence-corrected chi connectivity index (χ0v) is 12.0. The maximum Gasteiger partial charge on any atom is 0.0990 e. The van der Waals surface area contributed by atoms with Gasteiger partial charge in [-0.1, -0.05) is 50.1 Å². The van der Waals surface area contributed by atoms with Crippen LogP contribution in [-0.4, -0.2) is 13.2 Å². The van der Waals surface area contributed by atoms with E-state index >= 15 is 0 Å². The summed E-state index contributed by atoms with van der Waals surface area (Å²) in [5.41, 5.74) is 4.22. The number of nitrogens with one attached hydrogen (secondary N) is 1. The van der Waals surface area contributed by atoms with Gasteiger partial charge < -0.3 is 4.74 Å². The minimum absolute atomic E-state index is 0.0292. The lowest BCUT2D eigenvalue weighted by Gasteiger charge is -2.37. The van der Waals surface area contributed by atoms with Crippen LogP contribution in [0.3, 0.4) is 0 Å². The van der Waals surface area contributed by atoms with Crippen LogP contribution in [0.15, 0.2) is 30.3 Å². The van der Waals surface area contributed by atoms with Crippen molar-refractivity contribution in [3.8, 4) is 0 Å². The van der Waals surface area contributed by atoms with E-state index in [0.717, 1.165) is 5.92 Å². The SMILES string of the molecule is COC(c1ccccc1)C(NN)C1CCCC(C)C1. The van der Waals surface area contributed by atoms with Crippen molar-refractivity contribution < 1.29 is 4.74 Å². The molecule has 4 atom stereocenters. The first-order valence-electron chi connectivity index (χ1n) is 7.30. The number of benzene rings is 1. The highest BCUT2D eigenvalue weighted by molar-refractivity contribution is 5.19. The van der Waals surface area contributed by atoms with Gasteiger partial charge in [0.1, 0.15) is 0 Å². The molecule has 0 aliphatic heterocycles. The monoisotopic (exact) mass is 262 g/mol. The van der Waals surface area contributed by atoms with Crippen LogP contribution in [-0.2, 0) is 4.74 Å². The van der Waals surface area contributed by atoms with Gasteiger partial charge in [0.2, 0.25) is 0 Å². The maximum atomic E-state index is 5.83. The fraction of sp³-hybridized carbons (Fsp3) is 0.625. The van der Waals surface area contributed by atoms with Gasteiger partial charge in [0.25, 0.3) is 0 Å². The van der Waals surface area contributed by atoms with Gasteiger partial charge in [0.05, 0.1) is 12.1 Å². The van der Waals surface area contributed by atoms with E-state index < -0.39 is 0 Å². The molecule has 3 heteroatoms. The van der Waals surface area contributed by atoms with E-state index in [1.807, 2.05) is 6.07 Å². The lowest BCUT2D eigenvalue weighted by Crippen LogP contribution is -2.47. The topological polar surface area (TPSA) is 47.3 Å². The van der Waals surface area contributed by atoms with Crippen LogP contribution >= 0.6 is 0 Å². The summed E-state index contributed by atoms with van der Waals surface area (Å²) in [6.45, 7) is 2.34. The van der Waals surface area contributed by atoms with Crippen molar-refractivity contribution in [1.29, 1.82) is 0 Å². The molecule has 1 saturated carbocycles. The van der Waals surface area contributed by atoms with Crippen molar-refractivity contribution in [3.63, 3.8) is 0 Å². The van der Waals surface area contributed by atoms with Crippen LogP contribution in [0.2, 0.25) is 0 Å². The number of ether oxygens (including phenoxy) is 1. The third-order valence-corrected chi connectivity index (χ3v) is 4.39. The number of nitrogens with two attached hydrogens (primary N) is 1. The van der Waals surface area contributed by atoms with Crippen LogP contribution in [0, 0.1) is 11.8 Å². The Balaban J connectivity index is 2.14. The van der Waals surface area contributed by atoms with Gasteiger partial charge in [-0.2, -0.15) is 0 Å². The standard InChI is InChI=1S/C16H26N2O/c1-12-7-6-10-14(11-12)15(18-17)16(19-2)13-8-4-3-5-9-13/h3-5,8-9,12,14-16,18H,6-7,10-11,17H2,1-2H3. The highest BCUT2D eigenvalue weighted by Gasteiger charge is 2.32. The van der Waals surface area contributed by atoms with E-state index in [4.69, 9.17) is 10.6 Å². The summed E-state index contributed by atoms with van der Waals surface area (Å²) in [5, 5.41) is 0. The van der Waals surface area contributed by atoms with Crippen LogP contribution in [0.1, 0.15) is 44.3 Å². The molecule has 1 fully saturated rings.